The SMILES string of the molecule is CCOc1c(Cl)cc(C(=O)OCC(=O)c2ccc(Cl)s2)cc1OC. The van der Waals surface area contributed by atoms with Crippen LogP contribution in [0.25, 0.3) is 0 Å². The molecule has 0 saturated carbocycles. The number of rotatable bonds is 7. The monoisotopic (exact) mass is 388 g/mol. The van der Waals surface area contributed by atoms with E-state index in [-0.39, 0.29) is 23.0 Å². The van der Waals surface area contributed by atoms with Gasteiger partial charge < -0.3 is 14.2 Å². The molecule has 0 aliphatic rings. The van der Waals surface area contributed by atoms with E-state index in [1.807, 2.05) is 0 Å². The van der Waals surface area contributed by atoms with E-state index in [4.69, 9.17) is 37.4 Å². The highest BCUT2D eigenvalue weighted by molar-refractivity contribution is 7.18. The molecule has 2 aromatic rings. The number of carbonyl (C=O) groups is 2. The molecule has 24 heavy (non-hydrogen) atoms. The lowest BCUT2D eigenvalue weighted by Crippen LogP contribution is -2.13. The standard InChI is InChI=1S/C16H14Cl2O5S/c1-3-22-15-10(17)6-9(7-12(15)21-2)16(20)23-8-11(19)13-4-5-14(18)24-13/h4-7H,3,8H2,1-2H3. The van der Waals surface area contributed by atoms with Crippen LogP contribution < -0.4 is 9.47 Å². The fraction of sp³-hybridized carbons (Fsp3) is 0.250. The number of ether oxygens (including phenoxy) is 3. The van der Waals surface area contributed by atoms with E-state index in [0.717, 1.165) is 11.3 Å². The van der Waals surface area contributed by atoms with E-state index in [9.17, 15) is 9.59 Å². The molecule has 1 aromatic heterocycles. The van der Waals surface area contributed by atoms with E-state index < -0.39 is 5.97 Å². The Bertz CT molecular complexity index is 757. The van der Waals surface area contributed by atoms with Gasteiger partial charge in [-0.15, -0.1) is 11.3 Å². The Morgan fingerprint density at radius 3 is 2.54 bits per heavy atom. The highest BCUT2D eigenvalue weighted by Gasteiger charge is 2.18. The molecule has 2 rings (SSSR count). The van der Waals surface area contributed by atoms with Crippen molar-refractivity contribution >= 4 is 46.3 Å². The van der Waals surface area contributed by atoms with E-state index >= 15 is 0 Å². The van der Waals surface area contributed by atoms with Crippen molar-refractivity contribution in [3.63, 3.8) is 0 Å². The Hall–Kier alpha value is -1.76. The molecule has 0 saturated heterocycles. The third-order valence-corrected chi connectivity index (χ3v) is 4.49. The number of esters is 1. The summed E-state index contributed by atoms with van der Waals surface area (Å²) in [6, 6.07) is 6.05. The van der Waals surface area contributed by atoms with Crippen molar-refractivity contribution in [3.05, 3.63) is 44.1 Å². The molecule has 0 unspecified atom stereocenters. The van der Waals surface area contributed by atoms with Crippen LogP contribution >= 0.6 is 34.5 Å². The molecule has 0 aliphatic carbocycles. The molecule has 0 spiro atoms. The maximum atomic E-state index is 12.1. The number of methoxy groups -OCH3 is 1. The summed E-state index contributed by atoms with van der Waals surface area (Å²) < 4.78 is 16.1. The number of Topliss-reactive ketones (excluding diaryl/α,β-unsaturated/α-hetero) is 1. The minimum absolute atomic E-state index is 0.164. The second-order valence-electron chi connectivity index (χ2n) is 4.53. The van der Waals surface area contributed by atoms with Gasteiger partial charge in [-0.1, -0.05) is 23.2 Å². The molecule has 8 heteroatoms. The van der Waals surface area contributed by atoms with Crippen LogP contribution in [0, 0.1) is 0 Å². The van der Waals surface area contributed by atoms with Crippen LogP contribution in [0.5, 0.6) is 11.5 Å². The number of hydrogen-bond acceptors (Lipinski definition) is 6. The Morgan fingerprint density at radius 1 is 1.21 bits per heavy atom. The summed E-state index contributed by atoms with van der Waals surface area (Å²) in [5, 5.41) is 0.222. The molecule has 0 fully saturated rings. The minimum atomic E-state index is -0.686. The fourth-order valence-corrected chi connectivity index (χ4v) is 3.10. The predicted octanol–water partition coefficient (Wildman–Crippen LogP) is 4.50. The second-order valence-corrected chi connectivity index (χ2v) is 6.65. The zero-order valence-corrected chi connectivity index (χ0v) is 15.3. The lowest BCUT2D eigenvalue weighted by molar-refractivity contribution is 0.0475. The molecule has 0 bridgehead atoms. The van der Waals surface area contributed by atoms with Crippen molar-refractivity contribution in [2.24, 2.45) is 0 Å². The lowest BCUT2D eigenvalue weighted by atomic mass is 10.2. The first-order chi connectivity index (χ1) is 11.5. The van der Waals surface area contributed by atoms with Crippen molar-refractivity contribution in [1.82, 2.24) is 0 Å². The topological polar surface area (TPSA) is 61.8 Å². The molecule has 1 heterocycles. The summed E-state index contributed by atoms with van der Waals surface area (Å²) in [5.74, 6) is -0.353. The number of benzene rings is 1. The van der Waals surface area contributed by atoms with Gasteiger partial charge in [-0.3, -0.25) is 4.79 Å². The van der Waals surface area contributed by atoms with Gasteiger partial charge in [-0.2, -0.15) is 0 Å². The lowest BCUT2D eigenvalue weighted by Gasteiger charge is -2.12. The van der Waals surface area contributed by atoms with Gasteiger partial charge in [-0.25, -0.2) is 4.79 Å². The number of ketones is 1. The zero-order chi connectivity index (χ0) is 17.7. The van der Waals surface area contributed by atoms with Crippen LogP contribution in [0.2, 0.25) is 9.36 Å². The van der Waals surface area contributed by atoms with Crippen molar-refractivity contribution in [1.29, 1.82) is 0 Å². The van der Waals surface area contributed by atoms with Gasteiger partial charge in [0.05, 0.1) is 33.5 Å². The van der Waals surface area contributed by atoms with Crippen molar-refractivity contribution in [3.8, 4) is 11.5 Å². The molecule has 128 valence electrons. The average molecular weight is 389 g/mol. The number of thiophene rings is 1. The largest absolute Gasteiger partial charge is 0.493 e. The van der Waals surface area contributed by atoms with Gasteiger partial charge in [0.15, 0.2) is 18.1 Å². The molecule has 0 aliphatic heterocycles. The van der Waals surface area contributed by atoms with E-state index in [1.165, 1.54) is 19.2 Å². The molecule has 0 atom stereocenters. The highest BCUT2D eigenvalue weighted by atomic mass is 35.5. The van der Waals surface area contributed by atoms with E-state index in [0.29, 0.717) is 27.3 Å². The Balaban J connectivity index is 2.09. The smallest absolute Gasteiger partial charge is 0.338 e. The zero-order valence-electron chi connectivity index (χ0n) is 12.9. The van der Waals surface area contributed by atoms with Crippen LogP contribution in [0.4, 0.5) is 0 Å². The quantitative estimate of drug-likeness (QED) is 0.515. The molecule has 0 N–H and O–H groups in total. The van der Waals surface area contributed by atoms with Crippen LogP contribution in [0.3, 0.4) is 0 Å². The summed E-state index contributed by atoms with van der Waals surface area (Å²) in [6.45, 7) is 1.82. The van der Waals surface area contributed by atoms with E-state index in [2.05, 4.69) is 0 Å². The van der Waals surface area contributed by atoms with Crippen LogP contribution in [0.1, 0.15) is 27.0 Å². The van der Waals surface area contributed by atoms with Gasteiger partial charge in [0, 0.05) is 0 Å². The third-order valence-electron chi connectivity index (χ3n) is 2.94. The maximum Gasteiger partial charge on any atom is 0.338 e. The highest BCUT2D eigenvalue weighted by Crippen LogP contribution is 2.36. The minimum Gasteiger partial charge on any atom is -0.493 e. The Morgan fingerprint density at radius 2 is 1.96 bits per heavy atom. The summed E-state index contributed by atoms with van der Waals surface area (Å²) in [4.78, 5) is 24.5. The summed E-state index contributed by atoms with van der Waals surface area (Å²) in [5.41, 5.74) is 0.164. The second kappa shape index (κ2) is 8.37. The molecule has 1 aromatic carbocycles. The van der Waals surface area contributed by atoms with Gasteiger partial charge in [0.2, 0.25) is 5.78 Å². The normalized spacial score (nSPS) is 10.3. The number of hydrogen-bond donors (Lipinski definition) is 0. The van der Waals surface area contributed by atoms with E-state index in [1.54, 1.807) is 19.1 Å². The molecule has 0 amide bonds. The fourth-order valence-electron chi connectivity index (χ4n) is 1.87. The van der Waals surface area contributed by atoms with Crippen molar-refractivity contribution in [2.45, 2.75) is 6.92 Å². The van der Waals surface area contributed by atoms with Gasteiger partial charge >= 0.3 is 5.97 Å². The Kier molecular flexibility index (Phi) is 6.48. The van der Waals surface area contributed by atoms with Crippen LogP contribution in [-0.2, 0) is 4.74 Å². The molecule has 5 nitrogen and oxygen atoms in total. The van der Waals surface area contributed by atoms with Crippen molar-refractivity contribution in [2.75, 3.05) is 20.3 Å². The molecule has 0 radical (unpaired) electrons. The predicted molar refractivity (Wildman–Crippen MR) is 93.1 cm³/mol. The first-order valence-corrected chi connectivity index (χ1v) is 8.49. The molecular weight excluding hydrogens is 375 g/mol. The van der Waals surface area contributed by atoms with Gasteiger partial charge in [0.25, 0.3) is 0 Å². The summed E-state index contributed by atoms with van der Waals surface area (Å²) >= 11 is 13.0. The van der Waals surface area contributed by atoms with Gasteiger partial charge in [-0.05, 0) is 31.2 Å². The molecular formula is C16H14Cl2O5S. The maximum absolute atomic E-state index is 12.1. The first-order valence-electron chi connectivity index (χ1n) is 6.92. The van der Waals surface area contributed by atoms with Crippen molar-refractivity contribution < 1.29 is 23.8 Å². The Labute approximate surface area is 153 Å². The van der Waals surface area contributed by atoms with Gasteiger partial charge in [0.1, 0.15) is 0 Å². The number of halogens is 2. The third kappa shape index (κ3) is 4.41. The average Bonchev–Trinajstić information content (AvgIpc) is 3.00. The summed E-state index contributed by atoms with van der Waals surface area (Å²) in [6.07, 6.45) is 0. The first kappa shape index (κ1) is 18.6. The van der Waals surface area contributed by atoms with Crippen LogP contribution in [-0.4, -0.2) is 32.1 Å². The number of carbonyl (C=O) groups excluding carboxylic acids is 2. The summed E-state index contributed by atoms with van der Waals surface area (Å²) in [7, 11) is 1.44. The van der Waals surface area contributed by atoms with Crippen LogP contribution in [0.15, 0.2) is 24.3 Å².